The Bertz CT molecular complexity index is 692. The Kier molecular flexibility index (Phi) is 8.37. The van der Waals surface area contributed by atoms with Gasteiger partial charge in [-0.15, -0.1) is 0 Å². The number of hydrogen-bond donors (Lipinski definition) is 2. The van der Waals surface area contributed by atoms with Crippen LogP contribution in [0.1, 0.15) is 32.6 Å². The minimum Gasteiger partial charge on any atom is -0.369 e. The summed E-state index contributed by atoms with van der Waals surface area (Å²) >= 11 is 0. The van der Waals surface area contributed by atoms with E-state index in [9.17, 15) is 4.79 Å². The molecule has 30 heavy (non-hydrogen) atoms. The average Bonchev–Trinajstić information content (AvgIpc) is 3.41. The maximum absolute atomic E-state index is 12.3. The number of amides is 1. The number of nitrogens with one attached hydrogen (secondary N) is 2. The smallest absolute Gasteiger partial charge is 0.239 e. The molecule has 2 unspecified atom stereocenters. The van der Waals surface area contributed by atoms with Gasteiger partial charge in [-0.1, -0.05) is 18.2 Å². The minimum absolute atomic E-state index is 0.0535. The van der Waals surface area contributed by atoms with Crippen LogP contribution in [-0.4, -0.2) is 87.1 Å². The monoisotopic (exact) mass is 414 g/mol. The highest BCUT2D eigenvalue weighted by Crippen LogP contribution is 2.20. The lowest BCUT2D eigenvalue weighted by Crippen LogP contribution is -2.45. The lowest BCUT2D eigenvalue weighted by molar-refractivity contribution is -0.133. The molecule has 7 nitrogen and oxygen atoms in total. The Morgan fingerprint density at radius 2 is 2.00 bits per heavy atom. The topological polar surface area (TPSA) is 63.2 Å². The molecule has 0 radical (unpaired) electrons. The van der Waals surface area contributed by atoms with E-state index < -0.39 is 0 Å². The summed E-state index contributed by atoms with van der Waals surface area (Å²) in [5.74, 6) is 1.13. The van der Waals surface area contributed by atoms with Crippen molar-refractivity contribution >= 4 is 17.6 Å². The molecule has 3 rings (SSSR count). The molecule has 1 amide bonds. The number of benzene rings is 1. The molecule has 2 N–H and O–H groups in total. The van der Waals surface area contributed by atoms with E-state index in [2.05, 4.69) is 57.7 Å². The SMILES string of the molecule is CCNC(=NCCCN1CCCC1C(=O)N(C)C)NC1CCN(c2ccccc2)C1. The number of anilines is 1. The summed E-state index contributed by atoms with van der Waals surface area (Å²) in [4.78, 5) is 23.6. The number of hydrogen-bond acceptors (Lipinski definition) is 4. The normalized spacial score (nSPS) is 22.4. The second kappa shape index (κ2) is 11.2. The standard InChI is InChI=1S/C23H38N6O/c1-4-24-23(26-19-13-17-29(18-19)20-10-6-5-7-11-20)25-14-9-16-28-15-8-12-21(28)22(30)27(2)3/h5-7,10-11,19,21H,4,8-9,12-18H2,1-3H3,(H2,24,25,26). The highest BCUT2D eigenvalue weighted by atomic mass is 16.2. The lowest BCUT2D eigenvalue weighted by atomic mass is 10.2. The molecule has 2 heterocycles. The van der Waals surface area contributed by atoms with Crippen molar-refractivity contribution in [3.63, 3.8) is 0 Å². The quantitative estimate of drug-likeness (QED) is 0.386. The fourth-order valence-corrected chi connectivity index (χ4v) is 4.40. The van der Waals surface area contributed by atoms with Crippen LogP contribution in [0.4, 0.5) is 5.69 Å². The number of nitrogens with zero attached hydrogens (tertiary/aromatic N) is 4. The number of guanidine groups is 1. The van der Waals surface area contributed by atoms with Crippen LogP contribution in [0.5, 0.6) is 0 Å². The molecule has 2 saturated heterocycles. The zero-order chi connectivity index (χ0) is 21.3. The van der Waals surface area contributed by atoms with E-state index in [1.165, 1.54) is 5.69 Å². The van der Waals surface area contributed by atoms with Gasteiger partial charge in [-0.2, -0.15) is 0 Å². The van der Waals surface area contributed by atoms with Crippen molar-refractivity contribution in [1.82, 2.24) is 20.4 Å². The average molecular weight is 415 g/mol. The van der Waals surface area contributed by atoms with Crippen LogP contribution in [0.2, 0.25) is 0 Å². The van der Waals surface area contributed by atoms with E-state index in [4.69, 9.17) is 4.99 Å². The fourth-order valence-electron chi connectivity index (χ4n) is 4.40. The molecule has 166 valence electrons. The van der Waals surface area contributed by atoms with Crippen molar-refractivity contribution in [2.75, 3.05) is 58.3 Å². The third-order valence-corrected chi connectivity index (χ3v) is 5.96. The van der Waals surface area contributed by atoms with Crippen LogP contribution in [0, 0.1) is 0 Å². The predicted octanol–water partition coefficient (Wildman–Crippen LogP) is 1.76. The highest BCUT2D eigenvalue weighted by molar-refractivity contribution is 5.81. The Hall–Kier alpha value is -2.28. The third kappa shape index (κ3) is 6.11. The Balaban J connectivity index is 1.45. The van der Waals surface area contributed by atoms with Crippen molar-refractivity contribution in [2.24, 2.45) is 4.99 Å². The maximum Gasteiger partial charge on any atom is 0.239 e. The van der Waals surface area contributed by atoms with Gasteiger partial charge in [0.1, 0.15) is 0 Å². The van der Waals surface area contributed by atoms with Crippen LogP contribution in [-0.2, 0) is 4.79 Å². The van der Waals surface area contributed by atoms with Gasteiger partial charge in [0.05, 0.1) is 6.04 Å². The molecule has 0 spiro atoms. The number of rotatable bonds is 8. The Morgan fingerprint density at radius 3 is 2.73 bits per heavy atom. The zero-order valence-corrected chi connectivity index (χ0v) is 18.8. The van der Waals surface area contributed by atoms with Gasteiger partial charge in [0.15, 0.2) is 5.96 Å². The lowest BCUT2D eigenvalue weighted by Gasteiger charge is -2.25. The van der Waals surface area contributed by atoms with E-state index in [0.717, 1.165) is 70.9 Å². The zero-order valence-electron chi connectivity index (χ0n) is 18.8. The summed E-state index contributed by atoms with van der Waals surface area (Å²) < 4.78 is 0. The van der Waals surface area contributed by atoms with Gasteiger partial charge in [-0.25, -0.2) is 0 Å². The van der Waals surface area contributed by atoms with Gasteiger partial charge >= 0.3 is 0 Å². The Labute approximate surface area is 181 Å². The number of aliphatic imine (C=N–C) groups is 1. The molecular formula is C23H38N6O. The molecule has 2 aliphatic heterocycles. The Morgan fingerprint density at radius 1 is 1.20 bits per heavy atom. The summed E-state index contributed by atoms with van der Waals surface area (Å²) in [5.41, 5.74) is 1.29. The van der Waals surface area contributed by atoms with Crippen molar-refractivity contribution < 1.29 is 4.79 Å². The molecule has 7 heteroatoms. The second-order valence-electron chi connectivity index (χ2n) is 8.45. The molecule has 2 fully saturated rings. The van der Waals surface area contributed by atoms with Crippen LogP contribution in [0.3, 0.4) is 0 Å². The van der Waals surface area contributed by atoms with Crippen molar-refractivity contribution in [1.29, 1.82) is 0 Å². The molecule has 0 bridgehead atoms. The molecule has 0 saturated carbocycles. The number of likely N-dealkylation sites (N-methyl/N-ethyl adjacent to an activating group) is 1. The molecule has 2 aliphatic rings. The summed E-state index contributed by atoms with van der Waals surface area (Å²) in [5, 5.41) is 6.99. The summed E-state index contributed by atoms with van der Waals surface area (Å²) in [6.07, 6.45) is 4.16. The van der Waals surface area contributed by atoms with E-state index in [1.54, 1.807) is 4.90 Å². The van der Waals surface area contributed by atoms with Crippen LogP contribution >= 0.6 is 0 Å². The van der Waals surface area contributed by atoms with Gasteiger partial charge in [0.25, 0.3) is 0 Å². The van der Waals surface area contributed by atoms with Gasteiger partial charge in [-0.3, -0.25) is 14.7 Å². The van der Waals surface area contributed by atoms with E-state index >= 15 is 0 Å². The van der Waals surface area contributed by atoms with Gasteiger partial charge in [0, 0.05) is 58.5 Å². The fraction of sp³-hybridized carbons (Fsp3) is 0.652. The predicted molar refractivity (Wildman–Crippen MR) is 124 cm³/mol. The number of carbonyl (C=O) groups excluding carboxylic acids is 1. The van der Waals surface area contributed by atoms with Crippen LogP contribution < -0.4 is 15.5 Å². The number of carbonyl (C=O) groups is 1. The maximum atomic E-state index is 12.3. The van der Waals surface area contributed by atoms with Gasteiger partial charge in [0.2, 0.25) is 5.91 Å². The first-order valence-corrected chi connectivity index (χ1v) is 11.4. The number of para-hydroxylation sites is 1. The van der Waals surface area contributed by atoms with Gasteiger partial charge < -0.3 is 20.4 Å². The van der Waals surface area contributed by atoms with E-state index in [-0.39, 0.29) is 11.9 Å². The summed E-state index contributed by atoms with van der Waals surface area (Å²) in [6.45, 7) is 7.73. The molecule has 0 aliphatic carbocycles. The van der Waals surface area contributed by atoms with Crippen molar-refractivity contribution in [2.45, 2.75) is 44.7 Å². The minimum atomic E-state index is 0.0535. The first-order valence-electron chi connectivity index (χ1n) is 11.4. The molecular weight excluding hydrogens is 376 g/mol. The van der Waals surface area contributed by atoms with Crippen LogP contribution in [0.25, 0.3) is 0 Å². The molecule has 1 aromatic rings. The van der Waals surface area contributed by atoms with E-state index in [0.29, 0.717) is 6.04 Å². The molecule has 2 atom stereocenters. The second-order valence-corrected chi connectivity index (χ2v) is 8.45. The van der Waals surface area contributed by atoms with Gasteiger partial charge in [-0.05, 0) is 51.3 Å². The first kappa shape index (κ1) is 22.4. The van der Waals surface area contributed by atoms with Crippen molar-refractivity contribution in [3.8, 4) is 0 Å². The van der Waals surface area contributed by atoms with E-state index in [1.807, 2.05) is 14.1 Å². The van der Waals surface area contributed by atoms with Crippen molar-refractivity contribution in [3.05, 3.63) is 30.3 Å². The highest BCUT2D eigenvalue weighted by Gasteiger charge is 2.31. The molecule has 1 aromatic carbocycles. The van der Waals surface area contributed by atoms with Crippen LogP contribution in [0.15, 0.2) is 35.3 Å². The first-order chi connectivity index (χ1) is 14.6. The third-order valence-electron chi connectivity index (χ3n) is 5.96. The number of likely N-dealkylation sites (tertiary alicyclic amines) is 1. The molecule has 0 aromatic heterocycles. The summed E-state index contributed by atoms with van der Waals surface area (Å²) in [7, 11) is 3.69. The largest absolute Gasteiger partial charge is 0.369 e. The summed E-state index contributed by atoms with van der Waals surface area (Å²) in [6, 6.07) is 11.1.